The monoisotopic (exact) mass is 308 g/mol. The van der Waals surface area contributed by atoms with Crippen molar-refractivity contribution in [2.75, 3.05) is 33.0 Å². The van der Waals surface area contributed by atoms with E-state index in [0.29, 0.717) is 26.4 Å². The van der Waals surface area contributed by atoms with E-state index in [1.807, 2.05) is 0 Å². The van der Waals surface area contributed by atoms with Gasteiger partial charge in [0.15, 0.2) is 0 Å². The van der Waals surface area contributed by atoms with Crippen molar-refractivity contribution in [3.8, 4) is 0 Å². The van der Waals surface area contributed by atoms with Crippen LogP contribution in [-0.2, 0) is 23.7 Å². The Bertz CT molecular complexity index is 298. The summed E-state index contributed by atoms with van der Waals surface area (Å²) in [5.74, 6) is 0. The summed E-state index contributed by atoms with van der Waals surface area (Å²) in [6, 6.07) is 0. The first-order valence-corrected chi connectivity index (χ1v) is 6.03. The standard InChI is InChI=1S/C5H10O3.C4H6O3.C3H4O3/c1-3-7-5(6)8-4-2;1-2-3-7-4(5)6;4-3-5-1-2-6-3/h3-4H2,1-2H3;2H,1,3H2,(H,5,6);1-2H2. The Balaban J connectivity index is 0. The number of carbonyl (C=O) groups is 3. The van der Waals surface area contributed by atoms with Gasteiger partial charge in [0.05, 0.1) is 13.2 Å². The van der Waals surface area contributed by atoms with Gasteiger partial charge in [-0.2, -0.15) is 0 Å². The largest absolute Gasteiger partial charge is 0.508 e. The second-order valence-electron chi connectivity index (χ2n) is 2.93. The molecule has 9 heteroatoms. The van der Waals surface area contributed by atoms with Crippen LogP contribution in [0.15, 0.2) is 12.7 Å². The lowest BCUT2D eigenvalue weighted by molar-refractivity contribution is 0.0630. The predicted molar refractivity (Wildman–Crippen MR) is 70.1 cm³/mol. The number of carboxylic acid groups (broad SMARTS) is 1. The van der Waals surface area contributed by atoms with Crippen LogP contribution in [0, 0.1) is 0 Å². The molecule has 0 atom stereocenters. The lowest BCUT2D eigenvalue weighted by Crippen LogP contribution is -2.05. The molecule has 1 fully saturated rings. The zero-order valence-electron chi connectivity index (χ0n) is 12.0. The maximum Gasteiger partial charge on any atom is 0.508 e. The summed E-state index contributed by atoms with van der Waals surface area (Å²) >= 11 is 0. The van der Waals surface area contributed by atoms with Crippen molar-refractivity contribution in [2.45, 2.75) is 13.8 Å². The first kappa shape index (κ1) is 20.9. The van der Waals surface area contributed by atoms with E-state index in [-0.39, 0.29) is 6.61 Å². The molecule has 1 aliphatic heterocycles. The van der Waals surface area contributed by atoms with Gasteiger partial charge < -0.3 is 28.8 Å². The molecule has 0 bridgehead atoms. The van der Waals surface area contributed by atoms with Gasteiger partial charge >= 0.3 is 18.5 Å². The minimum atomic E-state index is -1.26. The number of cyclic esters (lactones) is 2. The average molecular weight is 308 g/mol. The predicted octanol–water partition coefficient (Wildman–Crippen LogP) is 2.20. The molecule has 0 aromatic carbocycles. The van der Waals surface area contributed by atoms with Crippen LogP contribution in [0.1, 0.15) is 13.8 Å². The van der Waals surface area contributed by atoms with Gasteiger partial charge in [-0.3, -0.25) is 0 Å². The van der Waals surface area contributed by atoms with Crippen molar-refractivity contribution >= 4 is 18.5 Å². The molecule has 9 nitrogen and oxygen atoms in total. The molecular formula is C12H20O9. The Morgan fingerprint density at radius 3 is 1.86 bits per heavy atom. The van der Waals surface area contributed by atoms with E-state index in [1.165, 1.54) is 6.08 Å². The molecule has 122 valence electrons. The van der Waals surface area contributed by atoms with Gasteiger partial charge in [-0.1, -0.05) is 12.7 Å². The van der Waals surface area contributed by atoms with Crippen LogP contribution in [0.25, 0.3) is 0 Å². The van der Waals surface area contributed by atoms with E-state index in [9.17, 15) is 14.4 Å². The second kappa shape index (κ2) is 15.6. The van der Waals surface area contributed by atoms with E-state index < -0.39 is 18.5 Å². The van der Waals surface area contributed by atoms with Gasteiger partial charge in [0.1, 0.15) is 19.8 Å². The number of ether oxygens (including phenoxy) is 5. The second-order valence-corrected chi connectivity index (χ2v) is 2.93. The van der Waals surface area contributed by atoms with E-state index in [1.54, 1.807) is 13.8 Å². The number of hydrogen-bond donors (Lipinski definition) is 1. The minimum absolute atomic E-state index is 0.0648. The summed E-state index contributed by atoms with van der Waals surface area (Å²) in [4.78, 5) is 29.5. The molecule has 1 N–H and O–H groups in total. The third kappa shape index (κ3) is 20.0. The quantitative estimate of drug-likeness (QED) is 0.473. The van der Waals surface area contributed by atoms with E-state index in [2.05, 4.69) is 30.3 Å². The summed E-state index contributed by atoms with van der Waals surface area (Å²) in [6.45, 7) is 8.35. The molecular weight excluding hydrogens is 288 g/mol. The summed E-state index contributed by atoms with van der Waals surface area (Å²) in [5, 5.41) is 7.77. The van der Waals surface area contributed by atoms with Crippen LogP contribution in [0.3, 0.4) is 0 Å². The molecule has 0 saturated carbocycles. The third-order valence-corrected chi connectivity index (χ3v) is 1.37. The molecule has 1 aliphatic rings. The van der Waals surface area contributed by atoms with Crippen LogP contribution in [0.5, 0.6) is 0 Å². The summed E-state index contributed by atoms with van der Waals surface area (Å²) in [7, 11) is 0. The molecule has 1 rings (SSSR count). The molecule has 0 spiro atoms. The number of rotatable bonds is 4. The highest BCUT2D eigenvalue weighted by atomic mass is 16.8. The maximum absolute atomic E-state index is 10.2. The Morgan fingerprint density at radius 1 is 1.19 bits per heavy atom. The van der Waals surface area contributed by atoms with E-state index in [4.69, 9.17) is 5.11 Å². The highest BCUT2D eigenvalue weighted by Crippen LogP contribution is 1.92. The van der Waals surface area contributed by atoms with Gasteiger partial charge in [0, 0.05) is 0 Å². The third-order valence-electron chi connectivity index (χ3n) is 1.37. The van der Waals surface area contributed by atoms with Gasteiger partial charge in [-0.25, -0.2) is 14.4 Å². The summed E-state index contributed by atoms with van der Waals surface area (Å²) < 4.78 is 21.4. The topological polar surface area (TPSA) is 118 Å². The van der Waals surface area contributed by atoms with Crippen molar-refractivity contribution in [1.29, 1.82) is 0 Å². The summed E-state index contributed by atoms with van der Waals surface area (Å²) in [6.07, 6.45) is -1.03. The Hall–Kier alpha value is -2.45. The van der Waals surface area contributed by atoms with Crippen molar-refractivity contribution in [3.05, 3.63) is 12.7 Å². The van der Waals surface area contributed by atoms with Crippen molar-refractivity contribution in [2.24, 2.45) is 0 Å². The Labute approximate surface area is 122 Å². The first-order valence-electron chi connectivity index (χ1n) is 6.03. The zero-order valence-corrected chi connectivity index (χ0v) is 12.0. The number of hydrogen-bond acceptors (Lipinski definition) is 8. The van der Waals surface area contributed by atoms with Crippen LogP contribution in [0.4, 0.5) is 14.4 Å². The molecule has 0 aliphatic carbocycles. The lowest BCUT2D eigenvalue weighted by atomic mass is 10.7. The van der Waals surface area contributed by atoms with Gasteiger partial charge in [0.25, 0.3) is 0 Å². The van der Waals surface area contributed by atoms with Crippen LogP contribution in [0.2, 0.25) is 0 Å². The first-order chi connectivity index (χ1) is 9.97. The molecule has 0 unspecified atom stereocenters. The van der Waals surface area contributed by atoms with E-state index >= 15 is 0 Å². The number of carbonyl (C=O) groups excluding carboxylic acids is 2. The zero-order chi connectivity index (χ0) is 16.5. The van der Waals surface area contributed by atoms with Crippen LogP contribution in [-0.4, -0.2) is 56.6 Å². The van der Waals surface area contributed by atoms with Crippen LogP contribution < -0.4 is 0 Å². The molecule has 1 heterocycles. The fraction of sp³-hybridized carbons (Fsp3) is 0.583. The Morgan fingerprint density at radius 2 is 1.67 bits per heavy atom. The molecule has 0 amide bonds. The van der Waals surface area contributed by atoms with Gasteiger partial charge in [-0.15, -0.1) is 0 Å². The van der Waals surface area contributed by atoms with E-state index in [0.717, 1.165) is 0 Å². The average Bonchev–Trinajstić information content (AvgIpc) is 2.89. The normalized spacial score (nSPS) is 11.2. The molecule has 0 radical (unpaired) electrons. The SMILES string of the molecule is C=CCOC(=O)O.CCOC(=O)OCC.O=C1OCCO1. The fourth-order valence-electron chi connectivity index (χ4n) is 0.699. The van der Waals surface area contributed by atoms with Gasteiger partial charge in [-0.05, 0) is 13.8 Å². The summed E-state index contributed by atoms with van der Waals surface area (Å²) in [5.41, 5.74) is 0. The van der Waals surface area contributed by atoms with Crippen molar-refractivity contribution in [3.63, 3.8) is 0 Å². The smallest absolute Gasteiger partial charge is 0.450 e. The molecule has 0 aromatic heterocycles. The highest BCUT2D eigenvalue weighted by molar-refractivity contribution is 5.61. The molecule has 0 aromatic rings. The fourth-order valence-corrected chi connectivity index (χ4v) is 0.699. The molecule has 1 saturated heterocycles. The molecule has 21 heavy (non-hydrogen) atoms. The minimum Gasteiger partial charge on any atom is -0.450 e. The van der Waals surface area contributed by atoms with Gasteiger partial charge in [0.2, 0.25) is 0 Å². The highest BCUT2D eigenvalue weighted by Gasteiger charge is 2.09. The Kier molecular flexibility index (Phi) is 15.5. The van der Waals surface area contributed by atoms with Crippen molar-refractivity contribution in [1.82, 2.24) is 0 Å². The maximum atomic E-state index is 10.2. The van der Waals surface area contributed by atoms with Crippen LogP contribution >= 0.6 is 0 Å². The van der Waals surface area contributed by atoms with Crippen molar-refractivity contribution < 1.29 is 43.2 Å². The lowest BCUT2D eigenvalue weighted by Gasteiger charge is -1.98.